The van der Waals surface area contributed by atoms with Gasteiger partial charge in [0.25, 0.3) is 0 Å². The number of rotatable bonds is 3. The largest absolute Gasteiger partial charge is 0.392 e. The molecule has 2 aliphatic rings. The topological polar surface area (TPSA) is 50.1 Å². The lowest BCUT2D eigenvalue weighted by Crippen LogP contribution is -2.17. The van der Waals surface area contributed by atoms with Crippen LogP contribution in [-0.4, -0.2) is 21.2 Å². The van der Waals surface area contributed by atoms with E-state index in [1.807, 2.05) is 12.1 Å². The molecule has 2 N–H and O–H groups in total. The molecule has 1 aliphatic heterocycles. The normalized spacial score (nSPS) is 16.6. The first-order valence-electron chi connectivity index (χ1n) is 9.03. The quantitative estimate of drug-likeness (QED) is 0.649. The van der Waals surface area contributed by atoms with Crippen LogP contribution in [0.2, 0.25) is 10.0 Å². The van der Waals surface area contributed by atoms with Crippen molar-refractivity contribution in [2.75, 3.05) is 11.9 Å². The maximum absolute atomic E-state index is 10.0. The van der Waals surface area contributed by atoms with Gasteiger partial charge in [0.15, 0.2) is 0 Å². The van der Waals surface area contributed by atoms with Crippen LogP contribution in [0.4, 0.5) is 5.95 Å². The van der Waals surface area contributed by atoms with Crippen LogP contribution in [0.5, 0.6) is 0 Å². The Morgan fingerprint density at radius 3 is 2.81 bits per heavy atom. The molecule has 2 aromatic carbocycles. The van der Waals surface area contributed by atoms with Gasteiger partial charge in [0.05, 0.1) is 17.6 Å². The van der Waals surface area contributed by atoms with Crippen molar-refractivity contribution in [1.82, 2.24) is 9.55 Å². The SMILES string of the molecule is OCc1cc(C2CC2)c(-c2ccc(Cl)cc2Cl)c2nc3n(c12)CCCN3. The molecule has 6 heteroatoms. The van der Waals surface area contributed by atoms with Crippen molar-refractivity contribution in [2.45, 2.75) is 38.3 Å². The highest BCUT2D eigenvalue weighted by Crippen LogP contribution is 2.49. The molecule has 0 amide bonds. The standard InChI is InChI=1S/C20H19Cl2N3O/c21-13-4-5-14(16(22)9-13)17-15(11-2-3-11)8-12(10-26)19-18(17)24-20-23-6-1-7-25(19)20/h4-5,8-9,11,26H,1-3,6-7,10H2,(H,23,24). The van der Waals surface area contributed by atoms with Gasteiger partial charge in [0, 0.05) is 39.8 Å². The Hall–Kier alpha value is -1.75. The summed E-state index contributed by atoms with van der Waals surface area (Å²) in [5.41, 5.74) is 6.17. The maximum atomic E-state index is 10.0. The number of aliphatic hydroxyl groups is 1. The second-order valence-corrected chi connectivity index (χ2v) is 7.96. The fourth-order valence-corrected chi connectivity index (χ4v) is 4.52. The Bertz CT molecular complexity index is 1020. The van der Waals surface area contributed by atoms with E-state index >= 15 is 0 Å². The van der Waals surface area contributed by atoms with Crippen LogP contribution >= 0.6 is 23.2 Å². The molecule has 1 aromatic heterocycles. The highest BCUT2D eigenvalue weighted by atomic mass is 35.5. The van der Waals surface area contributed by atoms with Gasteiger partial charge in [-0.2, -0.15) is 0 Å². The number of nitrogens with one attached hydrogen (secondary N) is 1. The van der Waals surface area contributed by atoms with E-state index in [9.17, 15) is 5.11 Å². The predicted octanol–water partition coefficient (Wildman–Crippen LogP) is 5.20. The van der Waals surface area contributed by atoms with E-state index in [0.29, 0.717) is 16.0 Å². The lowest BCUT2D eigenvalue weighted by atomic mass is 9.92. The molecule has 134 valence electrons. The minimum absolute atomic E-state index is 0.00990. The van der Waals surface area contributed by atoms with E-state index in [1.165, 1.54) is 18.4 Å². The van der Waals surface area contributed by atoms with E-state index in [4.69, 9.17) is 28.2 Å². The number of hydrogen-bond acceptors (Lipinski definition) is 3. The molecule has 0 atom stereocenters. The Kier molecular flexibility index (Phi) is 3.89. The summed E-state index contributed by atoms with van der Waals surface area (Å²) >= 11 is 12.7. The molecule has 5 rings (SSSR count). The van der Waals surface area contributed by atoms with Gasteiger partial charge in [-0.15, -0.1) is 0 Å². The molecular weight excluding hydrogens is 369 g/mol. The number of benzene rings is 2. The van der Waals surface area contributed by atoms with E-state index in [1.54, 1.807) is 6.07 Å². The first-order chi connectivity index (χ1) is 12.7. The Balaban J connectivity index is 1.88. The monoisotopic (exact) mass is 387 g/mol. The molecule has 2 heterocycles. The van der Waals surface area contributed by atoms with Gasteiger partial charge < -0.3 is 15.0 Å². The van der Waals surface area contributed by atoms with Crippen LogP contribution in [0.15, 0.2) is 24.3 Å². The van der Waals surface area contributed by atoms with E-state index in [2.05, 4.69) is 16.0 Å². The number of anilines is 1. The van der Waals surface area contributed by atoms with Gasteiger partial charge in [-0.25, -0.2) is 4.98 Å². The van der Waals surface area contributed by atoms with Crippen molar-refractivity contribution in [3.8, 4) is 11.1 Å². The average Bonchev–Trinajstić information content (AvgIpc) is 3.41. The van der Waals surface area contributed by atoms with Gasteiger partial charge in [0.1, 0.15) is 0 Å². The third kappa shape index (κ3) is 2.51. The molecular formula is C20H19Cl2N3O. The fourth-order valence-electron chi connectivity index (χ4n) is 4.02. The first kappa shape index (κ1) is 16.4. The van der Waals surface area contributed by atoms with E-state index in [0.717, 1.165) is 53.2 Å². The minimum Gasteiger partial charge on any atom is -0.392 e. The average molecular weight is 388 g/mol. The Morgan fingerprint density at radius 2 is 2.08 bits per heavy atom. The minimum atomic E-state index is 0.00990. The van der Waals surface area contributed by atoms with Crippen molar-refractivity contribution < 1.29 is 5.11 Å². The van der Waals surface area contributed by atoms with Crippen molar-refractivity contribution in [1.29, 1.82) is 0 Å². The summed E-state index contributed by atoms with van der Waals surface area (Å²) in [4.78, 5) is 4.92. The third-order valence-electron chi connectivity index (χ3n) is 5.36. The number of aromatic nitrogens is 2. The number of halogens is 2. The molecule has 0 saturated heterocycles. The number of hydrogen-bond donors (Lipinski definition) is 2. The molecule has 0 spiro atoms. The van der Waals surface area contributed by atoms with Gasteiger partial charge in [0.2, 0.25) is 5.95 Å². The molecule has 4 nitrogen and oxygen atoms in total. The highest BCUT2D eigenvalue weighted by Gasteiger charge is 2.31. The van der Waals surface area contributed by atoms with Crippen LogP contribution < -0.4 is 5.32 Å². The number of nitrogens with zero attached hydrogens (tertiary/aromatic N) is 2. The van der Waals surface area contributed by atoms with Gasteiger partial charge in [-0.05, 0) is 42.9 Å². The summed E-state index contributed by atoms with van der Waals surface area (Å²) in [6, 6.07) is 7.80. The summed E-state index contributed by atoms with van der Waals surface area (Å²) in [6.45, 7) is 1.84. The smallest absolute Gasteiger partial charge is 0.203 e. The van der Waals surface area contributed by atoms with Crippen LogP contribution in [0.3, 0.4) is 0 Å². The number of aryl methyl sites for hydroxylation is 1. The van der Waals surface area contributed by atoms with Crippen molar-refractivity contribution in [2.24, 2.45) is 0 Å². The van der Waals surface area contributed by atoms with Crippen molar-refractivity contribution in [3.63, 3.8) is 0 Å². The second kappa shape index (κ2) is 6.15. The number of aliphatic hydroxyl groups excluding tert-OH is 1. The zero-order valence-corrected chi connectivity index (χ0v) is 15.7. The lowest BCUT2D eigenvalue weighted by Gasteiger charge is -2.18. The van der Waals surface area contributed by atoms with Crippen LogP contribution in [0.25, 0.3) is 22.2 Å². The summed E-state index contributed by atoms with van der Waals surface area (Å²) in [6.07, 6.45) is 3.38. The molecule has 0 bridgehead atoms. The summed E-state index contributed by atoms with van der Waals surface area (Å²) < 4.78 is 2.19. The van der Waals surface area contributed by atoms with E-state index in [-0.39, 0.29) is 6.61 Å². The number of imidazole rings is 1. The van der Waals surface area contributed by atoms with Crippen molar-refractivity contribution in [3.05, 3.63) is 45.4 Å². The highest BCUT2D eigenvalue weighted by molar-refractivity contribution is 6.36. The zero-order valence-electron chi connectivity index (χ0n) is 14.2. The first-order valence-corrected chi connectivity index (χ1v) is 9.79. The van der Waals surface area contributed by atoms with Gasteiger partial charge in [-0.3, -0.25) is 0 Å². The van der Waals surface area contributed by atoms with Crippen LogP contribution in [0, 0.1) is 0 Å². The van der Waals surface area contributed by atoms with E-state index < -0.39 is 0 Å². The predicted molar refractivity (Wildman–Crippen MR) is 106 cm³/mol. The molecule has 26 heavy (non-hydrogen) atoms. The second-order valence-electron chi connectivity index (χ2n) is 7.12. The summed E-state index contributed by atoms with van der Waals surface area (Å²) in [5.74, 6) is 1.39. The fraction of sp³-hybridized carbons (Fsp3) is 0.350. The Morgan fingerprint density at radius 1 is 1.23 bits per heavy atom. The lowest BCUT2D eigenvalue weighted by molar-refractivity contribution is 0.282. The van der Waals surface area contributed by atoms with Crippen molar-refractivity contribution >= 4 is 40.2 Å². The number of fused-ring (bicyclic) bond motifs is 3. The summed E-state index contributed by atoms with van der Waals surface area (Å²) in [7, 11) is 0. The molecule has 3 aromatic rings. The Labute approximate surface area is 161 Å². The van der Waals surface area contributed by atoms with Crippen LogP contribution in [-0.2, 0) is 13.2 Å². The zero-order chi connectivity index (χ0) is 17.8. The maximum Gasteiger partial charge on any atom is 0.203 e. The molecule has 0 radical (unpaired) electrons. The third-order valence-corrected chi connectivity index (χ3v) is 5.90. The van der Waals surface area contributed by atoms with Crippen LogP contribution in [0.1, 0.15) is 36.3 Å². The van der Waals surface area contributed by atoms with Gasteiger partial charge in [-0.1, -0.05) is 35.3 Å². The van der Waals surface area contributed by atoms with Gasteiger partial charge >= 0.3 is 0 Å². The molecule has 0 unspecified atom stereocenters. The molecule has 1 fully saturated rings. The summed E-state index contributed by atoms with van der Waals surface area (Å²) in [5, 5.41) is 14.7. The molecule has 1 saturated carbocycles. The molecule has 1 aliphatic carbocycles.